The van der Waals surface area contributed by atoms with Crippen LogP contribution < -0.4 is 10.2 Å². The van der Waals surface area contributed by atoms with Gasteiger partial charge in [-0.1, -0.05) is 35.9 Å². The number of H-pyrrole nitrogens is 2. The number of fused-ring (bicyclic) bond motifs is 2. The fraction of sp³-hybridized carbons (Fsp3) is 0.115. The van der Waals surface area contributed by atoms with Crippen molar-refractivity contribution in [1.29, 1.82) is 0 Å². The van der Waals surface area contributed by atoms with E-state index < -0.39 is 0 Å². The van der Waals surface area contributed by atoms with Crippen LogP contribution in [0.2, 0.25) is 0 Å². The number of nitrogens with one attached hydrogen (secondary N) is 3. The maximum atomic E-state index is 5.79. The Labute approximate surface area is 196 Å². The number of hydrogen-bond donors (Lipinski definition) is 3. The number of aromatic amines is 2. The third-order valence-corrected chi connectivity index (χ3v) is 6.40. The van der Waals surface area contributed by atoms with Gasteiger partial charge in [-0.15, -0.1) is 0 Å². The fourth-order valence-corrected chi connectivity index (χ4v) is 4.69. The van der Waals surface area contributed by atoms with Gasteiger partial charge >= 0.3 is 0 Å². The van der Waals surface area contributed by atoms with Crippen molar-refractivity contribution in [2.45, 2.75) is 19.5 Å². The van der Waals surface area contributed by atoms with Crippen molar-refractivity contribution >= 4 is 50.8 Å². The molecule has 7 heteroatoms. The van der Waals surface area contributed by atoms with Crippen molar-refractivity contribution in [2.75, 3.05) is 4.90 Å². The molecule has 1 fully saturated rings. The second kappa shape index (κ2) is 7.86. The van der Waals surface area contributed by atoms with Gasteiger partial charge in [0.05, 0.1) is 23.9 Å². The molecule has 0 amide bonds. The second-order valence-corrected chi connectivity index (χ2v) is 8.70. The molecule has 33 heavy (non-hydrogen) atoms. The van der Waals surface area contributed by atoms with Gasteiger partial charge in [-0.25, -0.2) is 4.98 Å². The number of anilines is 1. The summed E-state index contributed by atoms with van der Waals surface area (Å²) in [6, 6.07) is 23.0. The Balaban J connectivity index is 1.40. The Hall–Kier alpha value is -3.97. The molecule has 1 aliphatic heterocycles. The number of imidazole rings is 1. The molecule has 0 spiro atoms. The highest BCUT2D eigenvalue weighted by Gasteiger charge is 2.36. The van der Waals surface area contributed by atoms with E-state index in [1.807, 2.05) is 12.3 Å². The summed E-state index contributed by atoms with van der Waals surface area (Å²) < 4.78 is 0. The number of amidine groups is 1. The smallest absolute Gasteiger partial charge is 0.179 e. The zero-order chi connectivity index (χ0) is 22.4. The molecule has 5 aromatic rings. The lowest BCUT2D eigenvalue weighted by molar-refractivity contribution is 0.927. The molecule has 6 nitrogen and oxygen atoms in total. The summed E-state index contributed by atoms with van der Waals surface area (Å²) in [5.41, 5.74) is 7.52. The zero-order valence-electron chi connectivity index (χ0n) is 18.0. The van der Waals surface area contributed by atoms with Crippen LogP contribution in [-0.4, -0.2) is 25.9 Å². The number of aryl methyl sites for hydroxylation is 1. The van der Waals surface area contributed by atoms with Crippen LogP contribution in [0.3, 0.4) is 0 Å². The molecule has 0 saturated carbocycles. The van der Waals surface area contributed by atoms with E-state index in [0.29, 0.717) is 11.7 Å². The van der Waals surface area contributed by atoms with Gasteiger partial charge in [-0.2, -0.15) is 0 Å². The Kier molecular flexibility index (Phi) is 4.69. The van der Waals surface area contributed by atoms with Crippen LogP contribution in [0.5, 0.6) is 0 Å². The van der Waals surface area contributed by atoms with E-state index in [-0.39, 0.29) is 6.04 Å². The van der Waals surface area contributed by atoms with Crippen molar-refractivity contribution in [3.05, 3.63) is 95.9 Å². The Bertz CT molecular complexity index is 1510. The minimum Gasteiger partial charge on any atom is -0.361 e. The maximum absolute atomic E-state index is 5.79. The van der Waals surface area contributed by atoms with E-state index in [1.165, 1.54) is 10.9 Å². The van der Waals surface area contributed by atoms with E-state index in [4.69, 9.17) is 17.2 Å². The van der Waals surface area contributed by atoms with E-state index >= 15 is 0 Å². The summed E-state index contributed by atoms with van der Waals surface area (Å²) in [7, 11) is 0. The summed E-state index contributed by atoms with van der Waals surface area (Å²) in [6.07, 6.45) is 3.67. The molecule has 2 aromatic heterocycles. The van der Waals surface area contributed by atoms with Crippen LogP contribution in [0.4, 0.5) is 5.69 Å². The quantitative estimate of drug-likeness (QED) is 0.321. The molecule has 3 aromatic carbocycles. The van der Waals surface area contributed by atoms with Crippen LogP contribution in [0.25, 0.3) is 21.9 Å². The first kappa shape index (κ1) is 19.7. The highest BCUT2D eigenvalue weighted by atomic mass is 32.1. The van der Waals surface area contributed by atoms with Gasteiger partial charge in [0, 0.05) is 17.4 Å². The number of rotatable bonds is 4. The molecule has 1 atom stereocenters. The van der Waals surface area contributed by atoms with Crippen LogP contribution in [0.15, 0.2) is 84.2 Å². The van der Waals surface area contributed by atoms with E-state index in [1.54, 1.807) is 6.33 Å². The largest absolute Gasteiger partial charge is 0.361 e. The molecule has 162 valence electrons. The predicted molar refractivity (Wildman–Crippen MR) is 138 cm³/mol. The van der Waals surface area contributed by atoms with E-state index in [2.05, 4.69) is 92.8 Å². The van der Waals surface area contributed by atoms with E-state index in [0.717, 1.165) is 39.2 Å². The first-order chi connectivity index (χ1) is 16.2. The molecule has 0 aliphatic carbocycles. The van der Waals surface area contributed by atoms with Gasteiger partial charge in [0.1, 0.15) is 11.9 Å². The second-order valence-electron chi connectivity index (χ2n) is 8.32. The van der Waals surface area contributed by atoms with Crippen molar-refractivity contribution in [3.8, 4) is 0 Å². The van der Waals surface area contributed by atoms with Crippen molar-refractivity contribution in [3.63, 3.8) is 0 Å². The van der Waals surface area contributed by atoms with E-state index in [9.17, 15) is 0 Å². The van der Waals surface area contributed by atoms with Gasteiger partial charge in [0.25, 0.3) is 0 Å². The Morgan fingerprint density at radius 2 is 1.82 bits per heavy atom. The molecular formula is C26H22N6S. The van der Waals surface area contributed by atoms with Crippen LogP contribution in [0.1, 0.15) is 22.7 Å². The standard InChI is InChI=1S/C26H22N6S/c1-16-2-5-18(6-3-16)24-25(28-14-17-4-8-21-19(12-17)10-11-27-21)31-26(33)32(24)20-7-9-22-23(13-20)30-15-29-22/h2-13,15,24,27H,14H2,1H3,(H,29,30)(H,28,31,33). The molecule has 0 bridgehead atoms. The monoisotopic (exact) mass is 450 g/mol. The minimum absolute atomic E-state index is 0.134. The molecule has 0 radical (unpaired) electrons. The van der Waals surface area contributed by atoms with Gasteiger partial charge in [-0.3, -0.25) is 4.99 Å². The molecule has 6 rings (SSSR count). The molecule has 1 unspecified atom stereocenters. The number of aromatic nitrogens is 3. The SMILES string of the molecule is Cc1ccc(C2/C(=N\Cc3ccc4[nH]ccc4c3)NC(=S)N2c2ccc3[nH]cnc3c2)cc1. The number of hydrogen-bond acceptors (Lipinski definition) is 3. The predicted octanol–water partition coefficient (Wildman–Crippen LogP) is 5.39. The molecule has 3 N–H and O–H groups in total. The van der Waals surface area contributed by atoms with Crippen molar-refractivity contribution < 1.29 is 0 Å². The first-order valence-electron chi connectivity index (χ1n) is 10.9. The summed E-state index contributed by atoms with van der Waals surface area (Å²) in [5, 5.41) is 5.20. The van der Waals surface area contributed by atoms with Crippen molar-refractivity contribution in [1.82, 2.24) is 20.3 Å². The molecular weight excluding hydrogens is 428 g/mol. The number of nitrogens with zero attached hydrogens (tertiary/aromatic N) is 3. The lowest BCUT2D eigenvalue weighted by Crippen LogP contribution is -2.29. The third kappa shape index (κ3) is 3.56. The molecule has 1 saturated heterocycles. The zero-order valence-corrected chi connectivity index (χ0v) is 18.9. The summed E-state index contributed by atoms with van der Waals surface area (Å²) in [5.74, 6) is 0.847. The lowest BCUT2D eigenvalue weighted by atomic mass is 10.0. The summed E-state index contributed by atoms with van der Waals surface area (Å²) >= 11 is 5.79. The van der Waals surface area contributed by atoms with Crippen LogP contribution in [0, 0.1) is 6.92 Å². The maximum Gasteiger partial charge on any atom is 0.179 e. The Morgan fingerprint density at radius 3 is 2.70 bits per heavy atom. The van der Waals surface area contributed by atoms with Gasteiger partial charge < -0.3 is 20.2 Å². The average molecular weight is 451 g/mol. The fourth-order valence-electron chi connectivity index (χ4n) is 4.37. The molecule has 1 aliphatic rings. The number of thiocarbonyl (C=S) groups is 1. The minimum atomic E-state index is -0.134. The van der Waals surface area contributed by atoms with Crippen LogP contribution in [-0.2, 0) is 6.54 Å². The topological polar surface area (TPSA) is 72.1 Å². The van der Waals surface area contributed by atoms with Crippen LogP contribution >= 0.6 is 12.2 Å². The number of benzene rings is 3. The average Bonchev–Trinajstić information content (AvgIpc) is 3.55. The highest BCUT2D eigenvalue weighted by molar-refractivity contribution is 7.80. The summed E-state index contributed by atoms with van der Waals surface area (Å²) in [4.78, 5) is 17.9. The Morgan fingerprint density at radius 1 is 0.970 bits per heavy atom. The lowest BCUT2D eigenvalue weighted by Gasteiger charge is -2.25. The van der Waals surface area contributed by atoms with Gasteiger partial charge in [0.2, 0.25) is 0 Å². The first-order valence-corrected chi connectivity index (χ1v) is 11.3. The third-order valence-electron chi connectivity index (χ3n) is 6.10. The summed E-state index contributed by atoms with van der Waals surface area (Å²) in [6.45, 7) is 2.66. The van der Waals surface area contributed by atoms with Crippen molar-refractivity contribution in [2.24, 2.45) is 4.99 Å². The van der Waals surface area contributed by atoms with Gasteiger partial charge in [0.15, 0.2) is 5.11 Å². The van der Waals surface area contributed by atoms with Gasteiger partial charge in [-0.05, 0) is 72.1 Å². The highest BCUT2D eigenvalue weighted by Crippen LogP contribution is 2.34. The normalized spacial score (nSPS) is 17.4. The molecule has 3 heterocycles. The number of aliphatic imine (C=N–C) groups is 1.